The van der Waals surface area contributed by atoms with Crippen molar-refractivity contribution in [3.63, 3.8) is 0 Å². The number of hydrogen-bond acceptors (Lipinski definition) is 3. The highest BCUT2D eigenvalue weighted by Gasteiger charge is 2.14. The Morgan fingerprint density at radius 1 is 1.18 bits per heavy atom. The molecule has 2 aliphatic rings. The number of rotatable bonds is 8. The number of hydrogen-bond donors (Lipinski definition) is 2. The van der Waals surface area contributed by atoms with Crippen molar-refractivity contribution in [1.82, 2.24) is 15.5 Å². The van der Waals surface area contributed by atoms with Crippen molar-refractivity contribution in [2.24, 2.45) is 10.9 Å². The van der Waals surface area contributed by atoms with E-state index < -0.39 is 0 Å². The summed E-state index contributed by atoms with van der Waals surface area (Å²) in [6.07, 6.45) is 8.36. The molecule has 1 saturated heterocycles. The fourth-order valence-electron chi connectivity index (χ4n) is 3.37. The van der Waals surface area contributed by atoms with Gasteiger partial charge in [-0.3, -0.25) is 9.89 Å². The number of nitrogens with zero attached hydrogens (tertiary/aromatic N) is 2. The molecule has 0 aromatic heterocycles. The van der Waals surface area contributed by atoms with Crippen molar-refractivity contribution < 1.29 is 4.74 Å². The van der Waals surface area contributed by atoms with Crippen molar-refractivity contribution in [3.05, 3.63) is 0 Å². The third kappa shape index (κ3) is 6.97. The van der Waals surface area contributed by atoms with E-state index in [1.165, 1.54) is 38.5 Å². The molecule has 0 bridgehead atoms. The summed E-state index contributed by atoms with van der Waals surface area (Å²) < 4.78 is 5.38. The van der Waals surface area contributed by atoms with Crippen LogP contribution in [-0.4, -0.2) is 63.3 Å². The SMILES string of the molecule is CCNC(=NCCCC1CCCC1)NCCN1CCOCC1. The van der Waals surface area contributed by atoms with E-state index in [1.54, 1.807) is 0 Å². The molecular formula is C17H34N4O. The molecule has 1 aliphatic carbocycles. The van der Waals surface area contributed by atoms with Gasteiger partial charge in [0.2, 0.25) is 0 Å². The average Bonchev–Trinajstić information content (AvgIpc) is 3.06. The van der Waals surface area contributed by atoms with Gasteiger partial charge in [-0.25, -0.2) is 0 Å². The van der Waals surface area contributed by atoms with Crippen LogP contribution in [0.15, 0.2) is 4.99 Å². The Hall–Kier alpha value is -0.810. The van der Waals surface area contributed by atoms with Crippen molar-refractivity contribution in [2.45, 2.75) is 45.4 Å². The molecule has 1 aliphatic heterocycles. The smallest absolute Gasteiger partial charge is 0.191 e. The van der Waals surface area contributed by atoms with Crippen LogP contribution in [0.25, 0.3) is 0 Å². The summed E-state index contributed by atoms with van der Waals surface area (Å²) in [5.41, 5.74) is 0. The molecule has 2 N–H and O–H groups in total. The van der Waals surface area contributed by atoms with Crippen LogP contribution in [0.3, 0.4) is 0 Å². The van der Waals surface area contributed by atoms with Gasteiger partial charge < -0.3 is 15.4 Å². The van der Waals surface area contributed by atoms with Crippen LogP contribution in [-0.2, 0) is 4.74 Å². The summed E-state index contributed by atoms with van der Waals surface area (Å²) in [7, 11) is 0. The Morgan fingerprint density at radius 2 is 1.95 bits per heavy atom. The van der Waals surface area contributed by atoms with Crippen molar-refractivity contribution in [1.29, 1.82) is 0 Å². The maximum Gasteiger partial charge on any atom is 0.191 e. The highest BCUT2D eigenvalue weighted by Crippen LogP contribution is 2.28. The maximum atomic E-state index is 5.38. The molecule has 0 radical (unpaired) electrons. The summed E-state index contributed by atoms with van der Waals surface area (Å²) >= 11 is 0. The first-order valence-corrected chi connectivity index (χ1v) is 9.20. The lowest BCUT2D eigenvalue weighted by molar-refractivity contribution is 0.0389. The van der Waals surface area contributed by atoms with Crippen LogP contribution in [0.4, 0.5) is 0 Å². The van der Waals surface area contributed by atoms with Gasteiger partial charge >= 0.3 is 0 Å². The molecule has 2 fully saturated rings. The molecule has 0 aromatic carbocycles. The van der Waals surface area contributed by atoms with E-state index in [0.717, 1.165) is 64.4 Å². The minimum absolute atomic E-state index is 0.870. The maximum absolute atomic E-state index is 5.38. The normalized spacial score (nSPS) is 21.2. The largest absolute Gasteiger partial charge is 0.379 e. The van der Waals surface area contributed by atoms with Gasteiger partial charge in [0.1, 0.15) is 0 Å². The van der Waals surface area contributed by atoms with Crippen LogP contribution in [0, 0.1) is 5.92 Å². The molecule has 5 nitrogen and oxygen atoms in total. The van der Waals surface area contributed by atoms with E-state index in [1.807, 2.05) is 0 Å². The second-order valence-electron chi connectivity index (χ2n) is 6.43. The van der Waals surface area contributed by atoms with Gasteiger partial charge in [-0.05, 0) is 25.7 Å². The first-order valence-electron chi connectivity index (χ1n) is 9.20. The zero-order valence-corrected chi connectivity index (χ0v) is 14.3. The van der Waals surface area contributed by atoms with E-state index in [0.29, 0.717) is 0 Å². The molecule has 0 unspecified atom stereocenters. The van der Waals surface area contributed by atoms with Gasteiger partial charge in [0.25, 0.3) is 0 Å². The van der Waals surface area contributed by atoms with Crippen molar-refractivity contribution in [2.75, 3.05) is 52.5 Å². The Bertz CT molecular complexity index is 310. The molecule has 0 amide bonds. The topological polar surface area (TPSA) is 48.9 Å². The summed E-state index contributed by atoms with van der Waals surface area (Å²) in [5.74, 6) is 1.95. The molecular weight excluding hydrogens is 276 g/mol. The molecule has 5 heteroatoms. The lowest BCUT2D eigenvalue weighted by Gasteiger charge is -2.26. The number of ether oxygens (including phenoxy) is 1. The van der Waals surface area contributed by atoms with E-state index in [9.17, 15) is 0 Å². The Kier molecular flexibility index (Phi) is 8.64. The standard InChI is InChI=1S/C17H34N4O/c1-2-18-17(19-9-5-8-16-6-3-4-7-16)20-10-11-21-12-14-22-15-13-21/h16H,2-15H2,1H3,(H2,18,19,20). The van der Waals surface area contributed by atoms with Crippen LogP contribution < -0.4 is 10.6 Å². The monoisotopic (exact) mass is 310 g/mol. The highest BCUT2D eigenvalue weighted by molar-refractivity contribution is 5.79. The second kappa shape index (κ2) is 10.8. The molecule has 1 saturated carbocycles. The first-order chi connectivity index (χ1) is 10.9. The van der Waals surface area contributed by atoms with Gasteiger partial charge in [0, 0.05) is 39.3 Å². The van der Waals surface area contributed by atoms with E-state index in [4.69, 9.17) is 9.73 Å². The minimum Gasteiger partial charge on any atom is -0.379 e. The first kappa shape index (κ1) is 17.5. The molecule has 2 rings (SSSR count). The third-order valence-corrected chi connectivity index (χ3v) is 4.68. The summed E-state index contributed by atoms with van der Waals surface area (Å²) in [5, 5.41) is 6.80. The summed E-state index contributed by atoms with van der Waals surface area (Å²) in [6.45, 7) is 9.86. The predicted octanol–water partition coefficient (Wildman–Crippen LogP) is 1.84. The highest BCUT2D eigenvalue weighted by atomic mass is 16.5. The fraction of sp³-hybridized carbons (Fsp3) is 0.941. The van der Waals surface area contributed by atoms with Gasteiger partial charge in [-0.2, -0.15) is 0 Å². The molecule has 128 valence electrons. The lowest BCUT2D eigenvalue weighted by atomic mass is 10.0. The zero-order valence-electron chi connectivity index (χ0n) is 14.3. The van der Waals surface area contributed by atoms with Crippen LogP contribution in [0.2, 0.25) is 0 Å². The Labute approximate surface area is 135 Å². The minimum atomic E-state index is 0.870. The number of aliphatic imine (C=N–C) groups is 1. The average molecular weight is 310 g/mol. The summed E-state index contributed by atoms with van der Waals surface area (Å²) in [4.78, 5) is 7.15. The molecule has 22 heavy (non-hydrogen) atoms. The molecule has 0 atom stereocenters. The van der Waals surface area contributed by atoms with Gasteiger partial charge in [0.15, 0.2) is 5.96 Å². The quantitative estimate of drug-likeness (QED) is 0.408. The predicted molar refractivity (Wildman–Crippen MR) is 92.4 cm³/mol. The van der Waals surface area contributed by atoms with E-state index in [2.05, 4.69) is 22.5 Å². The number of guanidine groups is 1. The molecule has 0 aromatic rings. The van der Waals surface area contributed by atoms with Gasteiger partial charge in [-0.15, -0.1) is 0 Å². The van der Waals surface area contributed by atoms with Gasteiger partial charge in [-0.1, -0.05) is 25.7 Å². The Morgan fingerprint density at radius 3 is 2.68 bits per heavy atom. The van der Waals surface area contributed by atoms with Crippen LogP contribution in [0.5, 0.6) is 0 Å². The van der Waals surface area contributed by atoms with Crippen LogP contribution >= 0.6 is 0 Å². The molecule has 0 spiro atoms. The van der Waals surface area contributed by atoms with Crippen LogP contribution in [0.1, 0.15) is 45.4 Å². The summed E-state index contributed by atoms with van der Waals surface area (Å²) in [6, 6.07) is 0. The Balaban J connectivity index is 1.58. The third-order valence-electron chi connectivity index (χ3n) is 4.68. The van der Waals surface area contributed by atoms with Crippen molar-refractivity contribution >= 4 is 5.96 Å². The van der Waals surface area contributed by atoms with E-state index in [-0.39, 0.29) is 0 Å². The van der Waals surface area contributed by atoms with E-state index >= 15 is 0 Å². The molecule has 1 heterocycles. The number of nitrogens with one attached hydrogen (secondary N) is 2. The van der Waals surface area contributed by atoms with Gasteiger partial charge in [0.05, 0.1) is 13.2 Å². The second-order valence-corrected chi connectivity index (χ2v) is 6.43. The number of morpholine rings is 1. The zero-order chi connectivity index (χ0) is 15.5. The fourth-order valence-corrected chi connectivity index (χ4v) is 3.37. The lowest BCUT2D eigenvalue weighted by Crippen LogP contribution is -2.44. The van der Waals surface area contributed by atoms with Crippen molar-refractivity contribution in [3.8, 4) is 0 Å².